The molecule has 5 nitrogen and oxygen atoms in total. The largest absolute Gasteiger partial charge is 0.323 e. The van der Waals surface area contributed by atoms with Crippen LogP contribution in [-0.4, -0.2) is 28.5 Å². The van der Waals surface area contributed by atoms with Gasteiger partial charge in [0.15, 0.2) is 0 Å². The van der Waals surface area contributed by atoms with Crippen LogP contribution < -0.4 is 10.6 Å². The van der Waals surface area contributed by atoms with E-state index in [-0.39, 0.29) is 6.03 Å². The van der Waals surface area contributed by atoms with E-state index in [1.807, 2.05) is 55.8 Å². The molecule has 2 aromatic heterocycles. The molecule has 4 rings (SSSR count). The third-order valence-electron chi connectivity index (χ3n) is 5.46. The number of fused-ring (bicyclic) bond motifs is 1. The Labute approximate surface area is 213 Å². The standard InChI is InChI=1S/C26H25ClN4OS2/c1-5-16-10-11-20-18(13-16)23(17-8-6-7-9-19(17)27)21(14-28-20)30-26(32)31-24-22(33-3)12-15(2)29-25(24)34-4/h6-14H,5H2,1-4H3,(H2,30,31,32). The number of pyridine rings is 2. The lowest BCUT2D eigenvalue weighted by atomic mass is 9.97. The Bertz CT molecular complexity index is 1350. The molecule has 0 saturated heterocycles. The van der Waals surface area contributed by atoms with Crippen LogP contribution in [0, 0.1) is 6.92 Å². The van der Waals surface area contributed by atoms with Crippen molar-refractivity contribution in [3.05, 3.63) is 71.0 Å². The first kappa shape index (κ1) is 24.4. The summed E-state index contributed by atoms with van der Waals surface area (Å²) in [6, 6.07) is 15.4. The smallest absolute Gasteiger partial charge is 0.306 e. The summed E-state index contributed by atoms with van der Waals surface area (Å²) in [7, 11) is 0. The second kappa shape index (κ2) is 10.7. The molecule has 0 aliphatic heterocycles. The summed E-state index contributed by atoms with van der Waals surface area (Å²) in [6.45, 7) is 4.06. The van der Waals surface area contributed by atoms with Crippen molar-refractivity contribution < 1.29 is 4.79 Å². The molecule has 0 fully saturated rings. The number of benzene rings is 2. The number of aromatic nitrogens is 2. The number of hydrogen-bond donors (Lipinski definition) is 2. The highest BCUT2D eigenvalue weighted by molar-refractivity contribution is 7.99. The molecule has 0 spiro atoms. The lowest BCUT2D eigenvalue weighted by Gasteiger charge is -2.18. The van der Waals surface area contributed by atoms with E-state index in [0.717, 1.165) is 44.1 Å². The van der Waals surface area contributed by atoms with Crippen molar-refractivity contribution in [3.8, 4) is 11.1 Å². The van der Waals surface area contributed by atoms with Crippen LogP contribution in [0.25, 0.3) is 22.0 Å². The van der Waals surface area contributed by atoms with Gasteiger partial charge in [-0.1, -0.05) is 42.8 Å². The first-order valence-corrected chi connectivity index (χ1v) is 13.6. The Morgan fingerprint density at radius 1 is 1.06 bits per heavy atom. The Balaban J connectivity index is 1.79. The normalized spacial score (nSPS) is 11.0. The predicted octanol–water partition coefficient (Wildman–Crippen LogP) is 7.91. The molecule has 0 aliphatic carbocycles. The van der Waals surface area contributed by atoms with Gasteiger partial charge in [-0.2, -0.15) is 0 Å². The summed E-state index contributed by atoms with van der Waals surface area (Å²) in [5, 5.41) is 8.34. The van der Waals surface area contributed by atoms with E-state index in [1.54, 1.807) is 18.0 Å². The fraction of sp³-hybridized carbons (Fsp3) is 0.192. The molecule has 174 valence electrons. The number of carbonyl (C=O) groups is 1. The third kappa shape index (κ3) is 5.02. The van der Waals surface area contributed by atoms with Crippen LogP contribution in [0.1, 0.15) is 18.2 Å². The van der Waals surface area contributed by atoms with Gasteiger partial charge in [-0.3, -0.25) is 4.98 Å². The van der Waals surface area contributed by atoms with Crippen LogP contribution in [-0.2, 0) is 6.42 Å². The summed E-state index contributed by atoms with van der Waals surface area (Å²) < 4.78 is 0. The number of carbonyl (C=O) groups excluding carboxylic acids is 1. The van der Waals surface area contributed by atoms with E-state index in [0.29, 0.717) is 16.4 Å². The molecule has 0 atom stereocenters. The average molecular weight is 509 g/mol. The van der Waals surface area contributed by atoms with Crippen molar-refractivity contribution in [2.45, 2.75) is 30.2 Å². The monoisotopic (exact) mass is 508 g/mol. The number of rotatable bonds is 6. The third-order valence-corrected chi connectivity index (χ3v) is 7.24. The summed E-state index contributed by atoms with van der Waals surface area (Å²) in [5.74, 6) is 0. The number of nitrogens with zero attached hydrogens (tertiary/aromatic N) is 2. The highest BCUT2D eigenvalue weighted by Gasteiger charge is 2.18. The Hall–Kier alpha value is -2.74. The highest BCUT2D eigenvalue weighted by Crippen LogP contribution is 2.39. The molecule has 0 saturated carbocycles. The van der Waals surface area contributed by atoms with Gasteiger partial charge >= 0.3 is 6.03 Å². The van der Waals surface area contributed by atoms with Crippen LogP contribution in [0.4, 0.5) is 16.2 Å². The molecule has 2 amide bonds. The molecule has 0 aliphatic rings. The molecule has 2 aromatic carbocycles. The second-order valence-electron chi connectivity index (χ2n) is 7.66. The van der Waals surface area contributed by atoms with E-state index >= 15 is 0 Å². The van der Waals surface area contributed by atoms with Crippen LogP contribution in [0.2, 0.25) is 5.02 Å². The number of amides is 2. The predicted molar refractivity (Wildman–Crippen MR) is 147 cm³/mol. The molecule has 0 radical (unpaired) electrons. The number of nitrogens with one attached hydrogen (secondary N) is 2. The summed E-state index contributed by atoms with van der Waals surface area (Å²) in [6.07, 6.45) is 6.51. The molecule has 0 unspecified atom stereocenters. The zero-order valence-corrected chi connectivity index (χ0v) is 21.8. The molecule has 8 heteroatoms. The summed E-state index contributed by atoms with van der Waals surface area (Å²) >= 11 is 9.67. The topological polar surface area (TPSA) is 66.9 Å². The van der Waals surface area contributed by atoms with Crippen molar-refractivity contribution in [3.63, 3.8) is 0 Å². The number of hydrogen-bond acceptors (Lipinski definition) is 5. The van der Waals surface area contributed by atoms with Gasteiger partial charge in [0.2, 0.25) is 0 Å². The van der Waals surface area contributed by atoms with Crippen molar-refractivity contribution in [2.24, 2.45) is 0 Å². The fourth-order valence-electron chi connectivity index (χ4n) is 3.82. The Morgan fingerprint density at radius 3 is 2.56 bits per heavy atom. The minimum absolute atomic E-state index is 0.364. The van der Waals surface area contributed by atoms with Gasteiger partial charge in [-0.15, -0.1) is 23.5 Å². The molecule has 4 aromatic rings. The number of thioether (sulfide) groups is 2. The lowest BCUT2D eigenvalue weighted by Crippen LogP contribution is -2.21. The van der Waals surface area contributed by atoms with E-state index in [4.69, 9.17) is 11.6 Å². The SMILES string of the molecule is CCc1ccc2ncc(NC(=O)Nc3c(SC)cc(C)nc3SC)c(-c3ccccc3Cl)c2c1. The van der Waals surface area contributed by atoms with Crippen LogP contribution in [0.5, 0.6) is 0 Å². The summed E-state index contributed by atoms with van der Waals surface area (Å²) in [4.78, 5) is 23.3. The number of halogens is 1. The fourth-order valence-corrected chi connectivity index (χ4v) is 5.35. The van der Waals surface area contributed by atoms with Crippen LogP contribution in [0.3, 0.4) is 0 Å². The van der Waals surface area contributed by atoms with Gasteiger partial charge < -0.3 is 10.6 Å². The van der Waals surface area contributed by atoms with Gasteiger partial charge in [0.25, 0.3) is 0 Å². The van der Waals surface area contributed by atoms with E-state index in [9.17, 15) is 4.79 Å². The molecule has 2 N–H and O–H groups in total. The zero-order chi connectivity index (χ0) is 24.2. The minimum Gasteiger partial charge on any atom is -0.306 e. The Kier molecular flexibility index (Phi) is 7.66. The maximum atomic E-state index is 13.2. The molecular weight excluding hydrogens is 484 g/mol. The van der Waals surface area contributed by atoms with Crippen molar-refractivity contribution in [1.82, 2.24) is 9.97 Å². The average Bonchev–Trinajstić information content (AvgIpc) is 2.84. The van der Waals surface area contributed by atoms with Gasteiger partial charge in [0, 0.05) is 32.1 Å². The van der Waals surface area contributed by atoms with Crippen molar-refractivity contribution in [2.75, 3.05) is 23.1 Å². The van der Waals surface area contributed by atoms with E-state index in [1.165, 1.54) is 17.3 Å². The van der Waals surface area contributed by atoms with Gasteiger partial charge in [0.05, 0.1) is 23.1 Å². The molecule has 2 heterocycles. The summed E-state index contributed by atoms with van der Waals surface area (Å²) in [5.41, 5.74) is 5.91. The Morgan fingerprint density at radius 2 is 1.85 bits per heavy atom. The zero-order valence-electron chi connectivity index (χ0n) is 19.4. The molecule has 34 heavy (non-hydrogen) atoms. The first-order chi connectivity index (χ1) is 16.4. The van der Waals surface area contributed by atoms with Gasteiger partial charge in [-0.05, 0) is 55.7 Å². The molecule has 0 bridgehead atoms. The minimum atomic E-state index is -0.364. The number of urea groups is 1. The van der Waals surface area contributed by atoms with Crippen LogP contribution >= 0.6 is 35.1 Å². The number of anilines is 2. The quantitative estimate of drug-likeness (QED) is 0.259. The van der Waals surface area contributed by atoms with Crippen LogP contribution in [0.15, 0.2) is 64.6 Å². The van der Waals surface area contributed by atoms with E-state index < -0.39 is 0 Å². The van der Waals surface area contributed by atoms with Crippen molar-refractivity contribution >= 4 is 63.4 Å². The van der Waals surface area contributed by atoms with Crippen molar-refractivity contribution in [1.29, 1.82) is 0 Å². The van der Waals surface area contributed by atoms with E-state index in [2.05, 4.69) is 39.7 Å². The first-order valence-electron chi connectivity index (χ1n) is 10.8. The highest BCUT2D eigenvalue weighted by atomic mass is 35.5. The van der Waals surface area contributed by atoms with Gasteiger partial charge in [0.1, 0.15) is 5.03 Å². The molecular formula is C26H25ClN4OS2. The number of aryl methyl sites for hydroxylation is 2. The lowest BCUT2D eigenvalue weighted by molar-refractivity contribution is 0.262. The second-order valence-corrected chi connectivity index (χ2v) is 9.71. The maximum absolute atomic E-state index is 13.2. The maximum Gasteiger partial charge on any atom is 0.323 e. The van der Waals surface area contributed by atoms with Gasteiger partial charge in [-0.25, -0.2) is 9.78 Å².